The SMILES string of the molecule is CC1=NN(c2nc(-c3ccc(C)cc3)cs2)C(=O)C1N=Nc1ccc2ccccc2c1. The molecule has 0 saturated carbocycles. The van der Waals surface area contributed by atoms with Gasteiger partial charge in [-0.2, -0.15) is 20.3 Å². The van der Waals surface area contributed by atoms with E-state index in [0.29, 0.717) is 16.5 Å². The van der Waals surface area contributed by atoms with Crippen molar-refractivity contribution < 1.29 is 4.79 Å². The van der Waals surface area contributed by atoms with Gasteiger partial charge in [0.15, 0.2) is 6.04 Å². The van der Waals surface area contributed by atoms with Gasteiger partial charge in [0.2, 0.25) is 5.13 Å². The van der Waals surface area contributed by atoms with E-state index >= 15 is 0 Å². The molecule has 0 fully saturated rings. The lowest BCUT2D eigenvalue weighted by molar-refractivity contribution is -0.117. The molecular weight excluding hydrogens is 406 g/mol. The van der Waals surface area contributed by atoms with Gasteiger partial charge in [-0.25, -0.2) is 4.98 Å². The summed E-state index contributed by atoms with van der Waals surface area (Å²) in [6.07, 6.45) is 0. The number of nitrogens with zero attached hydrogens (tertiary/aromatic N) is 5. The number of rotatable bonds is 4. The molecule has 152 valence electrons. The molecule has 4 aromatic rings. The van der Waals surface area contributed by atoms with Gasteiger partial charge in [-0.15, -0.1) is 11.3 Å². The maximum atomic E-state index is 13.0. The second kappa shape index (κ2) is 7.85. The Morgan fingerprint density at radius 2 is 1.74 bits per heavy atom. The molecule has 0 bridgehead atoms. The third kappa shape index (κ3) is 3.75. The van der Waals surface area contributed by atoms with Crippen LogP contribution in [0.2, 0.25) is 0 Å². The zero-order valence-corrected chi connectivity index (χ0v) is 17.9. The first-order chi connectivity index (χ1) is 15.1. The van der Waals surface area contributed by atoms with Gasteiger partial charge in [-0.3, -0.25) is 4.79 Å². The van der Waals surface area contributed by atoms with Crippen LogP contribution in [-0.4, -0.2) is 22.6 Å². The smallest absolute Gasteiger partial charge is 0.269 e. The number of aromatic nitrogens is 1. The molecule has 7 heteroatoms. The Hall–Kier alpha value is -3.71. The molecule has 0 radical (unpaired) electrons. The monoisotopic (exact) mass is 425 g/mol. The third-order valence-electron chi connectivity index (χ3n) is 5.14. The van der Waals surface area contributed by atoms with E-state index < -0.39 is 6.04 Å². The van der Waals surface area contributed by atoms with Crippen LogP contribution in [0.25, 0.3) is 22.0 Å². The largest absolute Gasteiger partial charge is 0.282 e. The van der Waals surface area contributed by atoms with E-state index in [0.717, 1.165) is 22.0 Å². The van der Waals surface area contributed by atoms with Crippen molar-refractivity contribution in [3.8, 4) is 11.3 Å². The minimum absolute atomic E-state index is 0.244. The summed E-state index contributed by atoms with van der Waals surface area (Å²) in [6.45, 7) is 3.83. The molecule has 1 atom stereocenters. The summed E-state index contributed by atoms with van der Waals surface area (Å²) in [7, 11) is 0. The number of hydrogen-bond acceptors (Lipinski definition) is 6. The summed E-state index contributed by atoms with van der Waals surface area (Å²) in [5.74, 6) is -0.244. The minimum atomic E-state index is -0.738. The molecule has 3 aromatic carbocycles. The number of benzene rings is 3. The molecule has 1 unspecified atom stereocenters. The van der Waals surface area contributed by atoms with Crippen molar-refractivity contribution in [3.05, 3.63) is 77.7 Å². The summed E-state index contributed by atoms with van der Waals surface area (Å²) in [5.41, 5.74) is 4.32. The summed E-state index contributed by atoms with van der Waals surface area (Å²) < 4.78 is 0. The van der Waals surface area contributed by atoms with Gasteiger partial charge in [0, 0.05) is 10.9 Å². The van der Waals surface area contributed by atoms with Gasteiger partial charge in [-0.1, -0.05) is 60.2 Å². The van der Waals surface area contributed by atoms with Gasteiger partial charge in [0.05, 0.1) is 17.1 Å². The number of hydrazone groups is 1. The van der Waals surface area contributed by atoms with E-state index in [-0.39, 0.29) is 5.91 Å². The first kappa shape index (κ1) is 19.3. The number of thiazole rings is 1. The Morgan fingerprint density at radius 1 is 0.968 bits per heavy atom. The zero-order valence-electron chi connectivity index (χ0n) is 17.1. The van der Waals surface area contributed by atoms with Crippen molar-refractivity contribution in [2.75, 3.05) is 5.01 Å². The van der Waals surface area contributed by atoms with Gasteiger partial charge in [0.25, 0.3) is 5.91 Å². The van der Waals surface area contributed by atoms with Crippen LogP contribution >= 0.6 is 11.3 Å². The Labute approximate surface area is 183 Å². The predicted molar refractivity (Wildman–Crippen MR) is 125 cm³/mol. The molecule has 1 aliphatic rings. The van der Waals surface area contributed by atoms with Crippen molar-refractivity contribution in [2.24, 2.45) is 15.3 Å². The Morgan fingerprint density at radius 3 is 2.55 bits per heavy atom. The molecule has 5 rings (SSSR count). The van der Waals surface area contributed by atoms with E-state index in [1.54, 1.807) is 6.92 Å². The molecular formula is C24H19N5OS. The number of aryl methyl sites for hydroxylation is 1. The number of anilines is 1. The van der Waals surface area contributed by atoms with Crippen molar-refractivity contribution >= 4 is 44.5 Å². The second-order valence-electron chi connectivity index (χ2n) is 7.42. The quantitative estimate of drug-likeness (QED) is 0.368. The average Bonchev–Trinajstić information content (AvgIpc) is 3.37. The van der Waals surface area contributed by atoms with Crippen LogP contribution in [0.5, 0.6) is 0 Å². The highest BCUT2D eigenvalue weighted by molar-refractivity contribution is 7.14. The van der Waals surface area contributed by atoms with Gasteiger partial charge in [0.1, 0.15) is 0 Å². The van der Waals surface area contributed by atoms with E-state index in [1.807, 2.05) is 79.0 Å². The zero-order chi connectivity index (χ0) is 21.4. The average molecular weight is 426 g/mol. The summed E-state index contributed by atoms with van der Waals surface area (Å²) in [6, 6.07) is 21.3. The van der Waals surface area contributed by atoms with Gasteiger partial charge < -0.3 is 0 Å². The molecule has 0 aliphatic carbocycles. The maximum absolute atomic E-state index is 13.0. The number of fused-ring (bicyclic) bond motifs is 1. The number of carbonyl (C=O) groups excluding carboxylic acids is 1. The van der Waals surface area contributed by atoms with E-state index in [9.17, 15) is 4.79 Å². The number of hydrogen-bond donors (Lipinski definition) is 0. The molecule has 6 nitrogen and oxygen atoms in total. The van der Waals surface area contributed by atoms with E-state index in [4.69, 9.17) is 0 Å². The first-order valence-electron chi connectivity index (χ1n) is 9.90. The minimum Gasteiger partial charge on any atom is -0.269 e. The van der Waals surface area contributed by atoms with Crippen molar-refractivity contribution in [2.45, 2.75) is 19.9 Å². The fourth-order valence-electron chi connectivity index (χ4n) is 3.41. The number of amides is 1. The van der Waals surface area contributed by atoms with Crippen LogP contribution in [0.4, 0.5) is 10.8 Å². The van der Waals surface area contributed by atoms with Crippen LogP contribution < -0.4 is 5.01 Å². The van der Waals surface area contributed by atoms with E-state index in [1.165, 1.54) is 21.9 Å². The first-order valence-corrected chi connectivity index (χ1v) is 10.8. The number of azo groups is 1. The van der Waals surface area contributed by atoms with Crippen LogP contribution in [0, 0.1) is 6.92 Å². The molecule has 0 saturated heterocycles. The summed E-state index contributed by atoms with van der Waals surface area (Å²) in [5, 5.41) is 19.0. The Kier molecular flexibility index (Phi) is 4.88. The van der Waals surface area contributed by atoms with Crippen LogP contribution in [0.15, 0.2) is 87.4 Å². The highest BCUT2D eigenvalue weighted by Gasteiger charge is 2.36. The maximum Gasteiger partial charge on any atom is 0.282 e. The van der Waals surface area contributed by atoms with Crippen LogP contribution in [0.1, 0.15) is 12.5 Å². The van der Waals surface area contributed by atoms with Crippen LogP contribution in [-0.2, 0) is 4.79 Å². The van der Waals surface area contributed by atoms with Crippen molar-refractivity contribution in [3.63, 3.8) is 0 Å². The van der Waals surface area contributed by atoms with Crippen molar-refractivity contribution in [1.82, 2.24) is 4.98 Å². The number of carbonyl (C=O) groups is 1. The standard InChI is InChI=1S/C24H19N5OS/c1-15-7-9-18(10-8-15)21-14-31-24(25-21)29-23(30)22(16(2)28-29)27-26-20-12-11-17-5-3-4-6-19(17)13-20/h3-14,22H,1-2H3. The highest BCUT2D eigenvalue weighted by Crippen LogP contribution is 2.31. The lowest BCUT2D eigenvalue weighted by atomic mass is 10.1. The lowest BCUT2D eigenvalue weighted by Gasteiger charge is -2.08. The summed E-state index contributed by atoms with van der Waals surface area (Å²) >= 11 is 1.38. The van der Waals surface area contributed by atoms with Gasteiger partial charge in [-0.05, 0) is 36.8 Å². The molecule has 0 N–H and O–H groups in total. The molecule has 0 spiro atoms. The third-order valence-corrected chi connectivity index (χ3v) is 5.95. The molecule has 1 aromatic heterocycles. The molecule has 2 heterocycles. The molecule has 31 heavy (non-hydrogen) atoms. The van der Waals surface area contributed by atoms with Crippen LogP contribution in [0.3, 0.4) is 0 Å². The molecule has 1 amide bonds. The van der Waals surface area contributed by atoms with E-state index in [2.05, 4.69) is 20.3 Å². The fourth-order valence-corrected chi connectivity index (χ4v) is 4.20. The fraction of sp³-hybridized carbons (Fsp3) is 0.125. The van der Waals surface area contributed by atoms with Crippen molar-refractivity contribution in [1.29, 1.82) is 0 Å². The summed E-state index contributed by atoms with van der Waals surface area (Å²) in [4.78, 5) is 17.6. The Bertz CT molecular complexity index is 1340. The second-order valence-corrected chi connectivity index (χ2v) is 8.26. The van der Waals surface area contributed by atoms with Gasteiger partial charge >= 0.3 is 0 Å². The predicted octanol–water partition coefficient (Wildman–Crippen LogP) is 6.15. The highest BCUT2D eigenvalue weighted by atomic mass is 32.1. The topological polar surface area (TPSA) is 70.3 Å². The Balaban J connectivity index is 1.36. The molecule has 1 aliphatic heterocycles. The lowest BCUT2D eigenvalue weighted by Crippen LogP contribution is -2.29. The normalized spacial score (nSPS) is 16.5.